The maximum atomic E-state index is 11.9. The van der Waals surface area contributed by atoms with Gasteiger partial charge in [0.1, 0.15) is 17.1 Å². The van der Waals surface area contributed by atoms with Crippen molar-refractivity contribution in [1.82, 2.24) is 9.38 Å². The molecule has 0 bridgehead atoms. The minimum absolute atomic E-state index is 0.583. The molecule has 0 spiro atoms. The van der Waals surface area contributed by atoms with Gasteiger partial charge in [-0.3, -0.25) is 9.20 Å². The molecule has 2 heterocycles. The number of carbonyl (C=O) groups is 1. The molecule has 0 saturated heterocycles. The Morgan fingerprint density at radius 3 is 2.46 bits per heavy atom. The lowest BCUT2D eigenvalue weighted by Gasteiger charge is -2.07. The number of hydrogen-bond acceptors (Lipinski definition) is 4. The largest absolute Gasteiger partial charge is 0.494 e. The van der Waals surface area contributed by atoms with Crippen LogP contribution in [0.4, 0.5) is 0 Å². The molecule has 0 radical (unpaired) electrons. The highest BCUT2D eigenvalue weighted by Gasteiger charge is 2.20. The second-order valence-corrected chi connectivity index (χ2v) is 7.09. The molecular weight excluding hydrogens is 344 g/mol. The van der Waals surface area contributed by atoms with Crippen molar-refractivity contribution in [2.45, 2.75) is 13.8 Å². The van der Waals surface area contributed by atoms with Gasteiger partial charge in [0.15, 0.2) is 11.2 Å². The summed E-state index contributed by atoms with van der Waals surface area (Å²) < 4.78 is 7.49. The van der Waals surface area contributed by atoms with E-state index in [9.17, 15) is 4.79 Å². The summed E-state index contributed by atoms with van der Waals surface area (Å²) in [6.07, 6.45) is 0.895. The van der Waals surface area contributed by atoms with Gasteiger partial charge in [0.25, 0.3) is 0 Å². The lowest BCUT2D eigenvalue weighted by atomic mass is 10.1. The van der Waals surface area contributed by atoms with Crippen molar-refractivity contribution in [3.63, 3.8) is 0 Å². The quantitative estimate of drug-likeness (QED) is 0.456. The lowest BCUT2D eigenvalue weighted by Crippen LogP contribution is -1.96. The van der Waals surface area contributed by atoms with E-state index in [2.05, 4.69) is 6.92 Å². The molecule has 4 aromatic rings. The molecule has 5 heteroatoms. The van der Waals surface area contributed by atoms with Gasteiger partial charge < -0.3 is 4.74 Å². The van der Waals surface area contributed by atoms with E-state index in [1.165, 1.54) is 0 Å². The summed E-state index contributed by atoms with van der Waals surface area (Å²) in [6.45, 7) is 4.66. The van der Waals surface area contributed by atoms with Crippen LogP contribution in [0.25, 0.3) is 27.5 Å². The van der Waals surface area contributed by atoms with Crippen molar-refractivity contribution in [3.05, 3.63) is 65.2 Å². The molecule has 2 aromatic heterocycles. The number of thiazole rings is 1. The van der Waals surface area contributed by atoms with Gasteiger partial charge in [0.05, 0.1) is 12.3 Å². The van der Waals surface area contributed by atoms with Crippen LogP contribution in [0.5, 0.6) is 5.75 Å². The molecule has 0 unspecified atom stereocenters. The topological polar surface area (TPSA) is 43.6 Å². The number of nitrogens with zero attached hydrogens (tertiary/aromatic N) is 2. The number of benzene rings is 2. The van der Waals surface area contributed by atoms with Crippen LogP contribution in [-0.4, -0.2) is 22.3 Å². The van der Waals surface area contributed by atoms with Crippen LogP contribution in [0, 0.1) is 6.92 Å². The second kappa shape index (κ2) is 6.77. The molecule has 4 nitrogen and oxygen atoms in total. The average Bonchev–Trinajstić information content (AvgIpc) is 3.17. The van der Waals surface area contributed by atoms with E-state index in [-0.39, 0.29) is 0 Å². The molecule has 0 saturated carbocycles. The van der Waals surface area contributed by atoms with Gasteiger partial charge in [-0.1, -0.05) is 30.3 Å². The highest BCUT2D eigenvalue weighted by atomic mass is 32.1. The Morgan fingerprint density at radius 1 is 1.08 bits per heavy atom. The smallest absolute Gasteiger partial charge is 0.195 e. The number of rotatable bonds is 5. The van der Waals surface area contributed by atoms with Gasteiger partial charge in [0, 0.05) is 10.4 Å². The molecule has 0 atom stereocenters. The number of fused-ring (bicyclic) bond motifs is 1. The zero-order valence-corrected chi connectivity index (χ0v) is 15.4. The Labute approximate surface area is 155 Å². The normalized spacial score (nSPS) is 11.0. The maximum absolute atomic E-state index is 11.9. The number of aryl methyl sites for hydroxylation is 1. The molecule has 0 N–H and O–H groups in total. The Morgan fingerprint density at radius 2 is 1.81 bits per heavy atom. The molecule has 130 valence electrons. The predicted octanol–water partition coefficient (Wildman–Crippen LogP) is 5.25. The van der Waals surface area contributed by atoms with E-state index in [4.69, 9.17) is 9.72 Å². The first kappa shape index (κ1) is 16.5. The Balaban J connectivity index is 1.91. The third kappa shape index (κ3) is 2.70. The standard InChI is InChI=1S/C21H18N2O2S/c1-3-25-17-11-9-16(10-12-17)20-14(2)26-21-22-19(18(13-24)23(20)21)15-7-5-4-6-8-15/h4-13H,3H2,1-2H3. The SMILES string of the molecule is CCOc1ccc(-c2c(C)sc3nc(-c4ccccc4)c(C=O)n23)cc1. The van der Waals surface area contributed by atoms with Crippen molar-refractivity contribution in [2.75, 3.05) is 6.61 Å². The lowest BCUT2D eigenvalue weighted by molar-refractivity contribution is 0.111. The van der Waals surface area contributed by atoms with Crippen molar-refractivity contribution in [2.24, 2.45) is 0 Å². The average molecular weight is 362 g/mol. The highest BCUT2D eigenvalue weighted by molar-refractivity contribution is 7.17. The molecule has 4 rings (SSSR count). The van der Waals surface area contributed by atoms with Gasteiger partial charge in [-0.2, -0.15) is 0 Å². The third-order valence-electron chi connectivity index (χ3n) is 4.28. The van der Waals surface area contributed by atoms with Gasteiger partial charge in [-0.25, -0.2) is 4.98 Å². The number of aromatic nitrogens is 2. The molecule has 0 amide bonds. The van der Waals surface area contributed by atoms with Crippen molar-refractivity contribution < 1.29 is 9.53 Å². The summed E-state index contributed by atoms with van der Waals surface area (Å²) in [4.78, 5) is 18.6. The summed E-state index contributed by atoms with van der Waals surface area (Å²) in [5.41, 5.74) is 4.29. The van der Waals surface area contributed by atoms with E-state index in [1.807, 2.05) is 65.9 Å². The number of imidazole rings is 1. The summed E-state index contributed by atoms with van der Waals surface area (Å²) in [7, 11) is 0. The maximum Gasteiger partial charge on any atom is 0.195 e. The molecule has 0 aliphatic heterocycles. The van der Waals surface area contributed by atoms with Gasteiger partial charge in [0.2, 0.25) is 0 Å². The predicted molar refractivity (Wildman–Crippen MR) is 105 cm³/mol. The zero-order valence-electron chi connectivity index (χ0n) is 14.6. The molecule has 0 aliphatic rings. The van der Waals surface area contributed by atoms with Crippen molar-refractivity contribution in [1.29, 1.82) is 0 Å². The van der Waals surface area contributed by atoms with E-state index in [0.717, 1.165) is 44.4 Å². The van der Waals surface area contributed by atoms with E-state index < -0.39 is 0 Å². The molecule has 0 fully saturated rings. The van der Waals surface area contributed by atoms with Crippen LogP contribution in [0.15, 0.2) is 54.6 Å². The van der Waals surface area contributed by atoms with E-state index in [0.29, 0.717) is 12.3 Å². The molecule has 26 heavy (non-hydrogen) atoms. The first-order chi connectivity index (χ1) is 12.7. The summed E-state index contributed by atoms with van der Waals surface area (Å²) in [5.74, 6) is 0.839. The zero-order chi connectivity index (χ0) is 18.1. The number of carbonyl (C=O) groups excluding carboxylic acids is 1. The fourth-order valence-electron chi connectivity index (χ4n) is 3.16. The first-order valence-corrected chi connectivity index (χ1v) is 9.30. The van der Waals surface area contributed by atoms with Crippen molar-refractivity contribution in [3.8, 4) is 28.3 Å². The molecule has 2 aromatic carbocycles. The van der Waals surface area contributed by atoms with Gasteiger partial charge >= 0.3 is 0 Å². The van der Waals surface area contributed by atoms with Gasteiger partial charge in [-0.15, -0.1) is 11.3 Å². The summed E-state index contributed by atoms with van der Waals surface area (Å²) >= 11 is 1.59. The third-order valence-corrected chi connectivity index (χ3v) is 5.24. The van der Waals surface area contributed by atoms with Crippen LogP contribution in [-0.2, 0) is 0 Å². The first-order valence-electron chi connectivity index (χ1n) is 8.48. The molecular formula is C21H18N2O2S. The highest BCUT2D eigenvalue weighted by Crippen LogP contribution is 2.36. The van der Waals surface area contributed by atoms with Crippen LogP contribution < -0.4 is 4.74 Å². The fraction of sp³-hybridized carbons (Fsp3) is 0.143. The number of ether oxygens (including phenoxy) is 1. The minimum Gasteiger partial charge on any atom is -0.494 e. The monoisotopic (exact) mass is 362 g/mol. The van der Waals surface area contributed by atoms with Crippen LogP contribution >= 0.6 is 11.3 Å². The Hall–Kier alpha value is -2.92. The fourth-order valence-corrected chi connectivity index (χ4v) is 4.16. The van der Waals surface area contributed by atoms with Crippen LogP contribution in [0.3, 0.4) is 0 Å². The Kier molecular flexibility index (Phi) is 4.31. The van der Waals surface area contributed by atoms with Crippen molar-refractivity contribution >= 4 is 22.6 Å². The second-order valence-electron chi connectivity index (χ2n) is 5.91. The van der Waals surface area contributed by atoms with E-state index in [1.54, 1.807) is 11.3 Å². The minimum atomic E-state index is 0.583. The molecule has 0 aliphatic carbocycles. The van der Waals surface area contributed by atoms with Gasteiger partial charge in [-0.05, 0) is 43.7 Å². The summed E-state index contributed by atoms with van der Waals surface area (Å²) in [5, 5.41) is 0. The van der Waals surface area contributed by atoms with Crippen LogP contribution in [0.2, 0.25) is 0 Å². The van der Waals surface area contributed by atoms with E-state index >= 15 is 0 Å². The number of hydrogen-bond donors (Lipinski definition) is 0. The summed E-state index contributed by atoms with van der Waals surface area (Å²) in [6, 6.07) is 17.8. The number of aldehydes is 1. The van der Waals surface area contributed by atoms with Crippen LogP contribution in [0.1, 0.15) is 22.3 Å². The Bertz CT molecular complexity index is 1060.